The van der Waals surface area contributed by atoms with E-state index in [1.165, 1.54) is 12.1 Å². The lowest BCUT2D eigenvalue weighted by atomic mass is 9.95. The minimum Gasteiger partial charge on any atom is -0.464 e. The van der Waals surface area contributed by atoms with E-state index in [1.807, 2.05) is 0 Å². The van der Waals surface area contributed by atoms with Crippen LogP contribution in [0.2, 0.25) is 0 Å². The maximum absolute atomic E-state index is 13.2. The molecule has 1 N–H and O–H groups in total. The van der Waals surface area contributed by atoms with Crippen LogP contribution in [0.5, 0.6) is 0 Å². The number of esters is 1. The van der Waals surface area contributed by atoms with Crippen LogP contribution in [0.4, 0.5) is 10.1 Å². The third kappa shape index (κ3) is 3.41. The molecule has 1 unspecified atom stereocenters. The van der Waals surface area contributed by atoms with Gasteiger partial charge in [0.2, 0.25) is 0 Å². The molecule has 0 saturated carbocycles. The van der Waals surface area contributed by atoms with Gasteiger partial charge in [0.05, 0.1) is 6.61 Å². The van der Waals surface area contributed by atoms with Gasteiger partial charge in [-0.2, -0.15) is 11.8 Å². The summed E-state index contributed by atoms with van der Waals surface area (Å²) in [4.78, 5) is 12.2. The van der Waals surface area contributed by atoms with E-state index < -0.39 is 5.54 Å². The van der Waals surface area contributed by atoms with Crippen molar-refractivity contribution in [2.75, 3.05) is 23.4 Å². The van der Waals surface area contributed by atoms with Crippen LogP contribution in [0.15, 0.2) is 24.3 Å². The first kappa shape index (κ1) is 14.2. The van der Waals surface area contributed by atoms with Gasteiger partial charge in [-0.15, -0.1) is 0 Å². The van der Waals surface area contributed by atoms with Crippen LogP contribution in [0.25, 0.3) is 0 Å². The fraction of sp³-hybridized carbons (Fsp3) is 0.500. The number of carbonyl (C=O) groups is 1. The van der Waals surface area contributed by atoms with Crippen molar-refractivity contribution in [2.24, 2.45) is 0 Å². The third-order valence-electron chi connectivity index (χ3n) is 3.12. The molecule has 0 aromatic heterocycles. The molecule has 5 heteroatoms. The molecule has 1 atom stereocenters. The van der Waals surface area contributed by atoms with Gasteiger partial charge >= 0.3 is 5.97 Å². The van der Waals surface area contributed by atoms with Gasteiger partial charge in [0.15, 0.2) is 0 Å². The molecule has 0 aliphatic carbocycles. The predicted molar refractivity (Wildman–Crippen MR) is 75.9 cm³/mol. The van der Waals surface area contributed by atoms with Gasteiger partial charge in [-0.1, -0.05) is 6.07 Å². The van der Waals surface area contributed by atoms with E-state index in [0.717, 1.165) is 18.6 Å². The molecule has 0 bridgehead atoms. The lowest BCUT2D eigenvalue weighted by Gasteiger charge is -2.36. The highest BCUT2D eigenvalue weighted by Gasteiger charge is 2.41. The largest absolute Gasteiger partial charge is 0.464 e. The first-order chi connectivity index (χ1) is 9.16. The zero-order valence-corrected chi connectivity index (χ0v) is 11.8. The summed E-state index contributed by atoms with van der Waals surface area (Å²) in [7, 11) is 0. The fourth-order valence-electron chi connectivity index (χ4n) is 2.22. The summed E-state index contributed by atoms with van der Waals surface area (Å²) in [5, 5.41) is 3.18. The van der Waals surface area contributed by atoms with Gasteiger partial charge in [-0.3, -0.25) is 0 Å². The highest BCUT2D eigenvalue weighted by Crippen LogP contribution is 2.31. The lowest BCUT2D eigenvalue weighted by molar-refractivity contribution is -0.148. The van der Waals surface area contributed by atoms with Crippen molar-refractivity contribution in [2.45, 2.75) is 25.3 Å². The topological polar surface area (TPSA) is 38.3 Å². The Balaban J connectivity index is 2.20. The van der Waals surface area contributed by atoms with Crippen molar-refractivity contribution in [3.8, 4) is 0 Å². The Morgan fingerprint density at radius 3 is 3.05 bits per heavy atom. The molecule has 1 heterocycles. The summed E-state index contributed by atoms with van der Waals surface area (Å²) >= 11 is 1.72. The molecule has 104 valence electrons. The summed E-state index contributed by atoms with van der Waals surface area (Å²) < 4.78 is 18.4. The summed E-state index contributed by atoms with van der Waals surface area (Å²) in [6, 6.07) is 6.19. The zero-order chi connectivity index (χ0) is 13.7. The number of hydrogen-bond acceptors (Lipinski definition) is 4. The van der Waals surface area contributed by atoms with Crippen molar-refractivity contribution in [3.05, 3.63) is 30.1 Å². The predicted octanol–water partition coefficient (Wildman–Crippen LogP) is 3.07. The third-order valence-corrected chi connectivity index (χ3v) is 4.39. The zero-order valence-electron chi connectivity index (χ0n) is 10.9. The van der Waals surface area contributed by atoms with Crippen LogP contribution in [0.3, 0.4) is 0 Å². The first-order valence-electron chi connectivity index (χ1n) is 6.45. The van der Waals surface area contributed by atoms with Crippen molar-refractivity contribution >= 4 is 23.4 Å². The molecule has 1 aromatic rings. The van der Waals surface area contributed by atoms with Gasteiger partial charge in [-0.05, 0) is 43.7 Å². The summed E-state index contributed by atoms with van der Waals surface area (Å²) in [6.07, 6.45) is 1.67. The first-order valence-corrected chi connectivity index (χ1v) is 7.60. The highest BCUT2D eigenvalue weighted by atomic mass is 32.2. The van der Waals surface area contributed by atoms with Crippen molar-refractivity contribution in [3.63, 3.8) is 0 Å². The van der Waals surface area contributed by atoms with E-state index in [0.29, 0.717) is 18.0 Å². The van der Waals surface area contributed by atoms with Gasteiger partial charge in [-0.25, -0.2) is 9.18 Å². The van der Waals surface area contributed by atoms with E-state index in [1.54, 1.807) is 30.8 Å². The van der Waals surface area contributed by atoms with E-state index >= 15 is 0 Å². The number of rotatable bonds is 4. The molecule has 2 rings (SSSR count). The Labute approximate surface area is 116 Å². The van der Waals surface area contributed by atoms with Crippen LogP contribution >= 0.6 is 11.8 Å². The van der Waals surface area contributed by atoms with Crippen molar-refractivity contribution < 1.29 is 13.9 Å². The minimum absolute atomic E-state index is 0.244. The molecule has 1 saturated heterocycles. The van der Waals surface area contributed by atoms with Crippen LogP contribution in [0, 0.1) is 5.82 Å². The number of hydrogen-bond donors (Lipinski definition) is 1. The average molecular weight is 283 g/mol. The summed E-state index contributed by atoms with van der Waals surface area (Å²) in [6.45, 7) is 2.15. The molecule has 3 nitrogen and oxygen atoms in total. The summed E-state index contributed by atoms with van der Waals surface area (Å²) in [5.41, 5.74) is -0.109. The molecule has 1 fully saturated rings. The number of anilines is 1. The number of nitrogens with one attached hydrogen (secondary N) is 1. The van der Waals surface area contributed by atoms with E-state index in [2.05, 4.69) is 5.32 Å². The van der Waals surface area contributed by atoms with Crippen LogP contribution in [-0.4, -0.2) is 29.6 Å². The maximum Gasteiger partial charge on any atom is 0.332 e. The molecule has 0 amide bonds. The SMILES string of the molecule is CCOC(=O)C1(Nc2cccc(F)c2)CCCSC1. The number of carbonyl (C=O) groups excluding carboxylic acids is 1. The minimum atomic E-state index is -0.729. The van der Waals surface area contributed by atoms with E-state index in [-0.39, 0.29) is 11.8 Å². The second-order valence-corrected chi connectivity index (χ2v) is 5.70. The molecule has 1 aliphatic rings. The van der Waals surface area contributed by atoms with Gasteiger partial charge < -0.3 is 10.1 Å². The van der Waals surface area contributed by atoms with Gasteiger partial charge in [0.25, 0.3) is 0 Å². The number of halogens is 1. The average Bonchev–Trinajstić information content (AvgIpc) is 2.40. The standard InChI is InChI=1S/C14H18FNO2S/c1-2-18-13(17)14(7-4-8-19-10-14)16-12-6-3-5-11(15)9-12/h3,5-6,9,16H,2,4,7-8,10H2,1H3. The Kier molecular flexibility index (Phi) is 4.69. The second-order valence-electron chi connectivity index (χ2n) is 4.59. The number of thioether (sulfide) groups is 1. The molecular weight excluding hydrogens is 265 g/mol. The molecule has 0 spiro atoms. The Morgan fingerprint density at radius 1 is 1.58 bits per heavy atom. The van der Waals surface area contributed by atoms with Crippen molar-refractivity contribution in [1.82, 2.24) is 0 Å². The van der Waals surface area contributed by atoms with Crippen LogP contribution in [0.1, 0.15) is 19.8 Å². The Hall–Kier alpha value is -1.23. The Bertz CT molecular complexity index is 447. The van der Waals surface area contributed by atoms with Crippen molar-refractivity contribution in [1.29, 1.82) is 0 Å². The van der Waals surface area contributed by atoms with Crippen LogP contribution < -0.4 is 5.32 Å². The maximum atomic E-state index is 13.2. The highest BCUT2D eigenvalue weighted by molar-refractivity contribution is 7.99. The number of ether oxygens (including phenoxy) is 1. The normalized spacial score (nSPS) is 22.8. The lowest BCUT2D eigenvalue weighted by Crippen LogP contribution is -2.51. The second kappa shape index (κ2) is 6.28. The van der Waals surface area contributed by atoms with E-state index in [4.69, 9.17) is 4.74 Å². The van der Waals surface area contributed by atoms with Gasteiger partial charge in [0, 0.05) is 11.4 Å². The molecule has 19 heavy (non-hydrogen) atoms. The molecule has 0 radical (unpaired) electrons. The molecule has 1 aliphatic heterocycles. The van der Waals surface area contributed by atoms with Gasteiger partial charge in [0.1, 0.15) is 11.4 Å². The monoisotopic (exact) mass is 283 g/mol. The quantitative estimate of drug-likeness (QED) is 0.862. The fourth-order valence-corrected chi connectivity index (χ4v) is 3.39. The van der Waals surface area contributed by atoms with Crippen LogP contribution in [-0.2, 0) is 9.53 Å². The Morgan fingerprint density at radius 2 is 2.42 bits per heavy atom. The summed E-state index contributed by atoms with van der Waals surface area (Å²) in [5.74, 6) is 1.15. The molecule has 1 aromatic carbocycles. The smallest absolute Gasteiger partial charge is 0.332 e. The van der Waals surface area contributed by atoms with E-state index in [9.17, 15) is 9.18 Å². The number of benzene rings is 1. The molecular formula is C14H18FNO2S.